The highest BCUT2D eigenvalue weighted by Gasteiger charge is 2.27. The maximum absolute atomic E-state index is 12.2. The van der Waals surface area contributed by atoms with Crippen molar-refractivity contribution in [2.75, 3.05) is 26.2 Å². The van der Waals surface area contributed by atoms with Crippen LogP contribution in [0.5, 0.6) is 0 Å². The molecule has 5 heteroatoms. The number of nitrogens with zero attached hydrogens (tertiary/aromatic N) is 1. The lowest BCUT2D eigenvalue weighted by atomic mass is 9.86. The van der Waals surface area contributed by atoms with Gasteiger partial charge < -0.3 is 15.8 Å². The Morgan fingerprint density at radius 3 is 2.90 bits per heavy atom. The Morgan fingerprint density at radius 2 is 2.20 bits per heavy atom. The summed E-state index contributed by atoms with van der Waals surface area (Å²) >= 11 is 0. The van der Waals surface area contributed by atoms with Gasteiger partial charge in [-0.1, -0.05) is 19.8 Å². The zero-order valence-corrected chi connectivity index (χ0v) is 12.8. The van der Waals surface area contributed by atoms with Crippen LogP contribution in [0, 0.1) is 5.92 Å². The SMILES string of the molecule is CC(N)C1CN(CC(=O)NC2CCCCC2C)CCO1. The molecule has 3 N–H and O–H groups in total. The number of amides is 1. The average molecular weight is 283 g/mol. The number of hydrogen-bond donors (Lipinski definition) is 2. The molecule has 20 heavy (non-hydrogen) atoms. The van der Waals surface area contributed by atoms with E-state index in [-0.39, 0.29) is 18.1 Å². The first kappa shape index (κ1) is 15.7. The molecule has 0 radical (unpaired) electrons. The number of rotatable bonds is 4. The minimum absolute atomic E-state index is 0.0132. The molecule has 1 aliphatic carbocycles. The van der Waals surface area contributed by atoms with Crippen LogP contribution in [-0.4, -0.2) is 55.2 Å². The number of nitrogens with two attached hydrogens (primary N) is 1. The lowest BCUT2D eigenvalue weighted by Crippen LogP contribution is -2.53. The van der Waals surface area contributed by atoms with Gasteiger partial charge in [-0.2, -0.15) is 0 Å². The fourth-order valence-electron chi connectivity index (χ4n) is 3.18. The van der Waals surface area contributed by atoms with Crippen molar-refractivity contribution in [2.45, 2.75) is 57.7 Å². The van der Waals surface area contributed by atoms with Crippen LogP contribution >= 0.6 is 0 Å². The van der Waals surface area contributed by atoms with Crippen LogP contribution in [0.15, 0.2) is 0 Å². The minimum atomic E-state index is 0.0132. The van der Waals surface area contributed by atoms with Crippen LogP contribution in [0.1, 0.15) is 39.5 Å². The summed E-state index contributed by atoms with van der Waals surface area (Å²) in [5.74, 6) is 0.753. The molecule has 116 valence electrons. The second kappa shape index (κ2) is 7.38. The molecular formula is C15H29N3O2. The summed E-state index contributed by atoms with van der Waals surface area (Å²) in [6, 6.07) is 0.376. The van der Waals surface area contributed by atoms with Gasteiger partial charge in [0.05, 0.1) is 19.3 Å². The standard InChI is InChI=1S/C15H29N3O2/c1-11-5-3-4-6-13(11)17-15(19)10-18-7-8-20-14(9-18)12(2)16/h11-14H,3-10,16H2,1-2H3,(H,17,19). The Bertz CT molecular complexity index is 322. The quantitative estimate of drug-likeness (QED) is 0.798. The molecule has 1 amide bonds. The van der Waals surface area contributed by atoms with E-state index in [2.05, 4.69) is 17.1 Å². The molecule has 2 aliphatic rings. The third kappa shape index (κ3) is 4.43. The summed E-state index contributed by atoms with van der Waals surface area (Å²) in [6.45, 7) is 6.90. The Hall–Kier alpha value is -0.650. The molecule has 1 saturated heterocycles. The first-order chi connectivity index (χ1) is 9.56. The normalized spacial score (nSPS) is 33.6. The zero-order valence-electron chi connectivity index (χ0n) is 12.8. The second-order valence-corrected chi connectivity index (χ2v) is 6.44. The molecule has 1 heterocycles. The van der Waals surface area contributed by atoms with Crippen molar-refractivity contribution in [1.29, 1.82) is 0 Å². The Balaban J connectivity index is 1.76. The summed E-state index contributed by atoms with van der Waals surface area (Å²) in [7, 11) is 0. The molecule has 0 aromatic heterocycles. The number of hydrogen-bond acceptors (Lipinski definition) is 4. The van der Waals surface area contributed by atoms with Gasteiger partial charge in [-0.15, -0.1) is 0 Å². The highest BCUT2D eigenvalue weighted by atomic mass is 16.5. The predicted octanol–water partition coefficient (Wildman–Crippen LogP) is 0.729. The lowest BCUT2D eigenvalue weighted by Gasteiger charge is -2.35. The van der Waals surface area contributed by atoms with E-state index in [1.165, 1.54) is 19.3 Å². The fraction of sp³-hybridized carbons (Fsp3) is 0.933. The van der Waals surface area contributed by atoms with Crippen molar-refractivity contribution in [3.63, 3.8) is 0 Å². The van der Waals surface area contributed by atoms with Gasteiger partial charge >= 0.3 is 0 Å². The summed E-state index contributed by atoms with van der Waals surface area (Å²) in [6.07, 6.45) is 4.94. The van der Waals surface area contributed by atoms with Gasteiger partial charge in [-0.05, 0) is 25.7 Å². The maximum atomic E-state index is 12.2. The third-order valence-corrected chi connectivity index (χ3v) is 4.59. The summed E-state index contributed by atoms with van der Waals surface area (Å²) in [4.78, 5) is 14.3. The first-order valence-corrected chi connectivity index (χ1v) is 7.95. The van der Waals surface area contributed by atoms with Gasteiger partial charge in [-0.3, -0.25) is 9.69 Å². The number of carbonyl (C=O) groups is 1. The molecule has 2 fully saturated rings. The van der Waals surface area contributed by atoms with E-state index in [1.807, 2.05) is 6.92 Å². The van der Waals surface area contributed by atoms with Crippen LogP contribution in [0.25, 0.3) is 0 Å². The van der Waals surface area contributed by atoms with Crippen LogP contribution in [0.4, 0.5) is 0 Å². The second-order valence-electron chi connectivity index (χ2n) is 6.44. The molecule has 2 rings (SSSR count). The largest absolute Gasteiger partial charge is 0.374 e. The number of carbonyl (C=O) groups excluding carboxylic acids is 1. The van der Waals surface area contributed by atoms with Crippen molar-refractivity contribution in [2.24, 2.45) is 11.7 Å². The monoisotopic (exact) mass is 283 g/mol. The number of nitrogens with one attached hydrogen (secondary N) is 1. The summed E-state index contributed by atoms with van der Waals surface area (Å²) in [5, 5.41) is 3.21. The average Bonchev–Trinajstić information content (AvgIpc) is 2.41. The van der Waals surface area contributed by atoms with E-state index >= 15 is 0 Å². The topological polar surface area (TPSA) is 67.6 Å². The van der Waals surface area contributed by atoms with Crippen molar-refractivity contribution in [3.8, 4) is 0 Å². The molecule has 4 atom stereocenters. The number of ether oxygens (including phenoxy) is 1. The van der Waals surface area contributed by atoms with Crippen molar-refractivity contribution in [3.05, 3.63) is 0 Å². The highest BCUT2D eigenvalue weighted by Crippen LogP contribution is 2.23. The Kier molecular flexibility index (Phi) is 5.81. The molecule has 4 unspecified atom stereocenters. The molecule has 0 spiro atoms. The van der Waals surface area contributed by atoms with E-state index in [1.54, 1.807) is 0 Å². The predicted molar refractivity (Wildman–Crippen MR) is 79.4 cm³/mol. The van der Waals surface area contributed by atoms with Crippen molar-refractivity contribution in [1.82, 2.24) is 10.2 Å². The van der Waals surface area contributed by atoms with Gasteiger partial charge in [-0.25, -0.2) is 0 Å². The van der Waals surface area contributed by atoms with Crippen molar-refractivity contribution < 1.29 is 9.53 Å². The van der Waals surface area contributed by atoms with Crippen LogP contribution in [0.2, 0.25) is 0 Å². The first-order valence-electron chi connectivity index (χ1n) is 7.95. The van der Waals surface area contributed by atoms with E-state index in [0.717, 1.165) is 19.5 Å². The highest BCUT2D eigenvalue weighted by molar-refractivity contribution is 5.78. The maximum Gasteiger partial charge on any atom is 0.234 e. The third-order valence-electron chi connectivity index (χ3n) is 4.59. The molecule has 1 aliphatic heterocycles. The molecule has 1 saturated carbocycles. The number of morpholine rings is 1. The van der Waals surface area contributed by atoms with Crippen LogP contribution in [-0.2, 0) is 9.53 Å². The van der Waals surface area contributed by atoms with Gasteiger partial charge in [0.1, 0.15) is 0 Å². The fourth-order valence-corrected chi connectivity index (χ4v) is 3.18. The van der Waals surface area contributed by atoms with Crippen LogP contribution < -0.4 is 11.1 Å². The van der Waals surface area contributed by atoms with E-state index in [0.29, 0.717) is 25.1 Å². The summed E-state index contributed by atoms with van der Waals surface area (Å²) < 4.78 is 5.62. The van der Waals surface area contributed by atoms with Gasteiger partial charge in [0.25, 0.3) is 0 Å². The van der Waals surface area contributed by atoms with Crippen LogP contribution in [0.3, 0.4) is 0 Å². The Morgan fingerprint density at radius 1 is 1.45 bits per heavy atom. The zero-order chi connectivity index (χ0) is 14.5. The van der Waals surface area contributed by atoms with Crippen molar-refractivity contribution >= 4 is 5.91 Å². The summed E-state index contributed by atoms with van der Waals surface area (Å²) in [5.41, 5.74) is 5.88. The van der Waals surface area contributed by atoms with Gasteiger partial charge in [0.15, 0.2) is 0 Å². The molecule has 5 nitrogen and oxygen atoms in total. The molecule has 0 bridgehead atoms. The van der Waals surface area contributed by atoms with Gasteiger partial charge in [0.2, 0.25) is 5.91 Å². The molecule has 0 aromatic carbocycles. The van der Waals surface area contributed by atoms with E-state index < -0.39 is 0 Å². The van der Waals surface area contributed by atoms with E-state index in [9.17, 15) is 4.79 Å². The lowest BCUT2D eigenvalue weighted by molar-refractivity contribution is -0.125. The molecular weight excluding hydrogens is 254 g/mol. The Labute approximate surface area is 122 Å². The smallest absolute Gasteiger partial charge is 0.234 e. The molecule has 0 aromatic rings. The minimum Gasteiger partial charge on any atom is -0.374 e. The van der Waals surface area contributed by atoms with E-state index in [4.69, 9.17) is 10.5 Å². The van der Waals surface area contributed by atoms with Gasteiger partial charge in [0, 0.05) is 25.2 Å².